The highest BCUT2D eigenvalue weighted by Gasteiger charge is 2.26. The molecule has 0 bridgehead atoms. The molecule has 0 spiro atoms. The quantitative estimate of drug-likeness (QED) is 0.526. The van der Waals surface area contributed by atoms with E-state index >= 15 is 0 Å². The first-order valence-electron chi connectivity index (χ1n) is 6.31. The summed E-state index contributed by atoms with van der Waals surface area (Å²) in [5.74, 6) is -0.381. The first-order chi connectivity index (χ1) is 8.44. The van der Waals surface area contributed by atoms with Crippen molar-refractivity contribution in [2.75, 3.05) is 20.2 Å². The first-order valence-corrected chi connectivity index (χ1v) is 6.31. The van der Waals surface area contributed by atoms with Gasteiger partial charge in [0.1, 0.15) is 0 Å². The van der Waals surface area contributed by atoms with Crippen LogP contribution in [0.15, 0.2) is 0 Å². The maximum Gasteiger partial charge on any atom is 0.321 e. The van der Waals surface area contributed by atoms with Crippen LogP contribution in [0.3, 0.4) is 0 Å². The number of aliphatic hydroxyl groups is 1. The predicted octanol–water partition coefficient (Wildman–Crippen LogP) is 0.219. The molecule has 106 valence electrons. The number of amides is 3. The third-order valence-electron chi connectivity index (χ3n) is 3.48. The van der Waals surface area contributed by atoms with E-state index in [1.54, 1.807) is 6.92 Å². The Kier molecular flexibility index (Phi) is 7.54. The van der Waals surface area contributed by atoms with Gasteiger partial charge in [0.05, 0.1) is 6.04 Å². The molecule has 1 unspecified atom stereocenters. The summed E-state index contributed by atoms with van der Waals surface area (Å²) in [6.07, 6.45) is 1.66. The van der Waals surface area contributed by atoms with Gasteiger partial charge in [-0.05, 0) is 19.8 Å². The molecule has 4 N–H and O–H groups in total. The van der Waals surface area contributed by atoms with E-state index in [-0.39, 0.29) is 17.9 Å². The fraction of sp³-hybridized carbons (Fsp3) is 0.833. The van der Waals surface area contributed by atoms with Crippen LogP contribution in [0.5, 0.6) is 0 Å². The van der Waals surface area contributed by atoms with Gasteiger partial charge in [-0.25, -0.2) is 4.79 Å². The van der Waals surface area contributed by atoms with Gasteiger partial charge in [-0.15, -0.1) is 0 Å². The number of urea groups is 1. The molecular formula is C12H25N3O3. The van der Waals surface area contributed by atoms with E-state index in [4.69, 9.17) is 0 Å². The summed E-state index contributed by atoms with van der Waals surface area (Å²) in [4.78, 5) is 22.6. The molecule has 0 fully saturated rings. The molecule has 0 saturated carbocycles. The number of aliphatic hydroxyl groups excluding tert-OH is 1. The first kappa shape index (κ1) is 16.9. The average molecular weight is 259 g/mol. The molecule has 0 radical (unpaired) electrons. The number of hydrogen-bond acceptors (Lipinski definition) is 4. The zero-order valence-corrected chi connectivity index (χ0v) is 11.7. The van der Waals surface area contributed by atoms with E-state index in [1.165, 1.54) is 7.05 Å². The molecule has 18 heavy (non-hydrogen) atoms. The van der Waals surface area contributed by atoms with E-state index in [0.29, 0.717) is 6.54 Å². The summed E-state index contributed by atoms with van der Waals surface area (Å²) in [6.45, 7) is 6.33. The van der Waals surface area contributed by atoms with Crippen molar-refractivity contribution in [3.63, 3.8) is 0 Å². The van der Waals surface area contributed by atoms with E-state index in [1.807, 2.05) is 13.8 Å². The Morgan fingerprint density at radius 2 is 1.83 bits per heavy atom. The molecule has 0 aromatic rings. The van der Waals surface area contributed by atoms with Gasteiger partial charge in [-0.1, -0.05) is 13.8 Å². The molecule has 3 amide bonds. The van der Waals surface area contributed by atoms with E-state index in [2.05, 4.69) is 16.0 Å². The Balaban J connectivity index is 4.27. The molecule has 0 aliphatic carbocycles. The molecule has 0 aliphatic rings. The highest BCUT2D eigenvalue weighted by Crippen LogP contribution is 2.24. The standard InChI is InChI=1S/C12H25N3O3/c1-5-12(6-2,8-16)7-14-9(3)10(17)15-11(18)13-4/h9,14,16H,5-8H2,1-4H3,(H2,13,15,17,18). The van der Waals surface area contributed by atoms with Gasteiger partial charge in [0.2, 0.25) is 5.91 Å². The molecule has 0 aromatic carbocycles. The van der Waals surface area contributed by atoms with Crippen LogP contribution >= 0.6 is 0 Å². The van der Waals surface area contributed by atoms with Crippen molar-refractivity contribution in [3.05, 3.63) is 0 Å². The van der Waals surface area contributed by atoms with Crippen LogP contribution < -0.4 is 16.0 Å². The van der Waals surface area contributed by atoms with Gasteiger partial charge >= 0.3 is 6.03 Å². The van der Waals surface area contributed by atoms with Crippen LogP contribution in [0, 0.1) is 5.41 Å². The molecular weight excluding hydrogens is 234 g/mol. The number of imide groups is 1. The largest absolute Gasteiger partial charge is 0.396 e. The van der Waals surface area contributed by atoms with Crippen LogP contribution in [0.4, 0.5) is 4.79 Å². The fourth-order valence-electron chi connectivity index (χ4n) is 1.52. The second-order valence-corrected chi connectivity index (χ2v) is 4.54. The minimum absolute atomic E-state index is 0.0801. The predicted molar refractivity (Wildman–Crippen MR) is 70.2 cm³/mol. The van der Waals surface area contributed by atoms with Gasteiger partial charge in [0.15, 0.2) is 0 Å². The van der Waals surface area contributed by atoms with Crippen molar-refractivity contribution in [2.24, 2.45) is 5.41 Å². The second-order valence-electron chi connectivity index (χ2n) is 4.54. The van der Waals surface area contributed by atoms with Crippen LogP contribution in [0.2, 0.25) is 0 Å². The van der Waals surface area contributed by atoms with Crippen molar-refractivity contribution in [1.29, 1.82) is 0 Å². The monoisotopic (exact) mass is 259 g/mol. The van der Waals surface area contributed by atoms with Gasteiger partial charge in [0.25, 0.3) is 0 Å². The molecule has 6 nitrogen and oxygen atoms in total. The summed E-state index contributed by atoms with van der Waals surface area (Å²) in [5, 5.41) is 17.0. The van der Waals surface area contributed by atoms with E-state index in [9.17, 15) is 14.7 Å². The topological polar surface area (TPSA) is 90.5 Å². The number of rotatable bonds is 7. The highest BCUT2D eigenvalue weighted by atomic mass is 16.3. The van der Waals surface area contributed by atoms with Crippen LogP contribution in [0.1, 0.15) is 33.6 Å². The summed E-state index contributed by atoms with van der Waals surface area (Å²) >= 11 is 0. The molecule has 1 atom stereocenters. The third kappa shape index (κ3) is 5.01. The Hall–Kier alpha value is -1.14. The Morgan fingerprint density at radius 1 is 1.28 bits per heavy atom. The van der Waals surface area contributed by atoms with Crippen LogP contribution in [-0.4, -0.2) is 43.3 Å². The van der Waals surface area contributed by atoms with Crippen molar-refractivity contribution in [2.45, 2.75) is 39.7 Å². The Morgan fingerprint density at radius 3 is 2.22 bits per heavy atom. The summed E-state index contributed by atoms with van der Waals surface area (Å²) < 4.78 is 0. The molecule has 0 aromatic heterocycles. The zero-order valence-electron chi connectivity index (χ0n) is 11.7. The van der Waals surface area contributed by atoms with Crippen LogP contribution in [-0.2, 0) is 4.79 Å². The minimum Gasteiger partial charge on any atom is -0.396 e. The lowest BCUT2D eigenvalue weighted by Crippen LogP contribution is -2.50. The highest BCUT2D eigenvalue weighted by molar-refractivity contribution is 5.96. The van der Waals surface area contributed by atoms with Crippen molar-refractivity contribution < 1.29 is 14.7 Å². The van der Waals surface area contributed by atoms with E-state index < -0.39 is 12.1 Å². The molecule has 6 heteroatoms. The lowest BCUT2D eigenvalue weighted by Gasteiger charge is -2.30. The van der Waals surface area contributed by atoms with E-state index in [0.717, 1.165) is 12.8 Å². The second kappa shape index (κ2) is 8.05. The molecule has 0 rings (SSSR count). The maximum absolute atomic E-state index is 11.6. The van der Waals surface area contributed by atoms with Gasteiger partial charge in [-0.2, -0.15) is 0 Å². The zero-order chi connectivity index (χ0) is 14.2. The normalized spacial score (nSPS) is 12.9. The van der Waals surface area contributed by atoms with Gasteiger partial charge in [0, 0.05) is 25.6 Å². The maximum atomic E-state index is 11.6. The minimum atomic E-state index is -0.520. The SMILES string of the molecule is CCC(CC)(CO)CNC(C)C(=O)NC(=O)NC. The number of nitrogens with one attached hydrogen (secondary N) is 3. The summed E-state index contributed by atoms with van der Waals surface area (Å²) in [7, 11) is 1.45. The number of carbonyl (C=O) groups excluding carboxylic acids is 2. The number of carbonyl (C=O) groups is 2. The van der Waals surface area contributed by atoms with Crippen molar-refractivity contribution in [1.82, 2.24) is 16.0 Å². The molecule has 0 saturated heterocycles. The smallest absolute Gasteiger partial charge is 0.321 e. The molecule has 0 heterocycles. The van der Waals surface area contributed by atoms with Gasteiger partial charge < -0.3 is 15.7 Å². The lowest BCUT2D eigenvalue weighted by atomic mass is 9.83. The van der Waals surface area contributed by atoms with Crippen LogP contribution in [0.25, 0.3) is 0 Å². The Bertz CT molecular complexity index is 269. The number of hydrogen-bond donors (Lipinski definition) is 4. The molecule has 0 aliphatic heterocycles. The lowest BCUT2D eigenvalue weighted by molar-refractivity contribution is -0.121. The van der Waals surface area contributed by atoms with Gasteiger partial charge in [-0.3, -0.25) is 10.1 Å². The fourth-order valence-corrected chi connectivity index (χ4v) is 1.52. The average Bonchev–Trinajstić information content (AvgIpc) is 2.40. The summed E-state index contributed by atoms with van der Waals surface area (Å²) in [6, 6.07) is -1.00. The third-order valence-corrected chi connectivity index (χ3v) is 3.48. The summed E-state index contributed by atoms with van der Waals surface area (Å²) in [5.41, 5.74) is -0.207. The Labute approximate surface area is 109 Å². The van der Waals surface area contributed by atoms with Crippen molar-refractivity contribution >= 4 is 11.9 Å². The van der Waals surface area contributed by atoms with Crippen molar-refractivity contribution in [3.8, 4) is 0 Å².